The van der Waals surface area contributed by atoms with Crippen LogP contribution in [0, 0.1) is 47.3 Å². The lowest BCUT2D eigenvalue weighted by molar-refractivity contribution is -0.137. The second-order valence-corrected chi connectivity index (χ2v) is 34.3. The zero-order chi connectivity index (χ0) is 67.1. The van der Waals surface area contributed by atoms with Crippen molar-refractivity contribution in [3.63, 3.8) is 0 Å². The van der Waals surface area contributed by atoms with Gasteiger partial charge in [-0.1, -0.05) is 152 Å². The molecule has 0 aromatic heterocycles. The van der Waals surface area contributed by atoms with Crippen LogP contribution < -0.4 is 53.1 Å². The van der Waals surface area contributed by atoms with Crippen molar-refractivity contribution in [3.8, 4) is 0 Å². The van der Waals surface area contributed by atoms with Crippen LogP contribution in [0.5, 0.6) is 0 Å². The van der Waals surface area contributed by atoms with Crippen LogP contribution in [0.4, 0.5) is 34.1 Å². The summed E-state index contributed by atoms with van der Waals surface area (Å²) in [6.07, 6.45) is 6.24. The van der Waals surface area contributed by atoms with Crippen molar-refractivity contribution in [2.45, 2.75) is 209 Å². The van der Waals surface area contributed by atoms with Crippen LogP contribution >= 0.6 is 0 Å². The third kappa shape index (κ3) is 8.97. The molecule has 15 unspecified atom stereocenters. The van der Waals surface area contributed by atoms with E-state index in [4.69, 9.17) is 9.98 Å². The van der Waals surface area contributed by atoms with E-state index in [-0.39, 0.29) is 11.4 Å². The Hall–Kier alpha value is -7.59. The maximum Gasteiger partial charge on any atom is 0.153 e. The molecule has 19 rings (SSSR count). The molecule has 8 aromatic carbocycles. The first-order valence-electron chi connectivity index (χ1n) is 37.2. The lowest BCUT2D eigenvalue weighted by Crippen LogP contribution is -2.56. The number of ketones is 1. The largest absolute Gasteiger partial charge is 0.391 e. The smallest absolute Gasteiger partial charge is 0.153 e. The normalized spacial score (nSPS) is 37.8. The molecule has 11 N–H and O–H groups in total. The number of benzene rings is 8. The molecule has 7 aliphatic carbocycles. The number of aliphatic hydroxyl groups is 5. The van der Waals surface area contributed by atoms with Gasteiger partial charge in [-0.25, -0.2) is 0 Å². The van der Waals surface area contributed by atoms with Gasteiger partial charge < -0.3 is 57.4 Å². The van der Waals surface area contributed by atoms with Gasteiger partial charge in [0.1, 0.15) is 22.7 Å². The topological polar surface area (TPSA) is 215 Å². The third-order valence-electron chi connectivity index (χ3n) is 26.1. The summed E-state index contributed by atoms with van der Waals surface area (Å²) in [5, 5.41) is 99.6. The minimum Gasteiger partial charge on any atom is -0.391 e. The number of Topliss-reactive ketones (excluding diaryl/α,β-unsaturated/α-hetero) is 1. The molecule has 0 radical (unpaired) electrons. The number of carbonyl (C=O) groups is 1. The van der Waals surface area contributed by atoms with Crippen LogP contribution in [0.25, 0.3) is 54.2 Å². The van der Waals surface area contributed by atoms with Crippen LogP contribution in [0.15, 0.2) is 119 Å². The van der Waals surface area contributed by atoms with Crippen molar-refractivity contribution >= 4 is 94.1 Å². The van der Waals surface area contributed by atoms with Crippen LogP contribution in [0.3, 0.4) is 0 Å². The van der Waals surface area contributed by atoms with E-state index in [0.717, 1.165) is 180 Å². The summed E-state index contributed by atoms with van der Waals surface area (Å²) in [5.74, 6) is 0.360. The Labute approximate surface area is 572 Å². The predicted octanol–water partition coefficient (Wildman–Crippen LogP) is 12.8. The molecule has 4 heterocycles. The van der Waals surface area contributed by atoms with Gasteiger partial charge in [0.25, 0.3) is 0 Å². The summed E-state index contributed by atoms with van der Waals surface area (Å²) in [5.41, 5.74) is 7.73. The molecule has 98 heavy (non-hydrogen) atoms. The van der Waals surface area contributed by atoms with Gasteiger partial charge in [-0.15, -0.1) is 0 Å². The van der Waals surface area contributed by atoms with E-state index in [2.05, 4.69) is 178 Å². The predicted molar refractivity (Wildman–Crippen MR) is 392 cm³/mol. The Morgan fingerprint density at radius 3 is 1.29 bits per heavy atom. The fourth-order valence-corrected chi connectivity index (χ4v) is 23.2. The molecule has 0 bridgehead atoms. The van der Waals surface area contributed by atoms with Crippen molar-refractivity contribution < 1.29 is 30.3 Å². The van der Waals surface area contributed by atoms with Gasteiger partial charge in [0, 0.05) is 72.3 Å². The third-order valence-corrected chi connectivity index (χ3v) is 26.1. The minimum absolute atomic E-state index is 0.0783. The number of anilines is 6. The zero-order valence-corrected chi connectivity index (χ0v) is 57.7. The second kappa shape index (κ2) is 21.5. The molecular formula is C84H94N8O6. The van der Waals surface area contributed by atoms with Crippen LogP contribution in [-0.2, 0) is 4.79 Å². The van der Waals surface area contributed by atoms with E-state index in [1.807, 2.05) is 18.2 Å². The number of hydrogen-bond donors (Lipinski definition) is 11. The highest BCUT2D eigenvalue weighted by Gasteiger charge is 2.56. The molecule has 506 valence electrons. The maximum absolute atomic E-state index is 15.9. The van der Waals surface area contributed by atoms with Gasteiger partial charge in [-0.05, 0) is 191 Å². The molecular weight excluding hydrogens is 1220 g/mol. The molecule has 14 nitrogen and oxygen atoms in total. The molecule has 4 aliphatic heterocycles. The fraction of sp³-hybridized carbons (Fsp3) is 0.488. The molecule has 7 fully saturated rings. The maximum atomic E-state index is 15.9. The van der Waals surface area contributed by atoms with Gasteiger partial charge in [0.05, 0.1) is 58.8 Å². The van der Waals surface area contributed by atoms with E-state index >= 15 is 4.79 Å². The Morgan fingerprint density at radius 2 is 0.745 bits per heavy atom. The molecule has 7 saturated carbocycles. The zero-order valence-electron chi connectivity index (χ0n) is 57.7. The van der Waals surface area contributed by atoms with Crippen LogP contribution in [0.2, 0.25) is 0 Å². The molecule has 8 aromatic rings. The Balaban J connectivity index is 0.711. The molecule has 15 atom stereocenters. The first kappa shape index (κ1) is 61.5. The highest BCUT2D eigenvalue weighted by molar-refractivity contribution is 6.12. The summed E-state index contributed by atoms with van der Waals surface area (Å²) in [7, 11) is 0. The van der Waals surface area contributed by atoms with E-state index in [1.165, 1.54) is 6.42 Å². The van der Waals surface area contributed by atoms with E-state index in [1.54, 1.807) is 0 Å². The number of aliphatic hydroxyl groups excluding tert-OH is 5. The van der Waals surface area contributed by atoms with Crippen molar-refractivity contribution in [2.24, 2.45) is 57.3 Å². The van der Waals surface area contributed by atoms with Crippen molar-refractivity contribution in [1.82, 2.24) is 0 Å². The number of nitrogens with zero attached hydrogens (tertiary/aromatic N) is 2. The number of nitrogens with one attached hydrogen (secondary N) is 6. The highest BCUT2D eigenvalue weighted by atomic mass is 16.3. The van der Waals surface area contributed by atoms with Crippen molar-refractivity contribution in [3.05, 3.63) is 153 Å². The average Bonchev–Trinajstić information content (AvgIpc) is 0.708. The van der Waals surface area contributed by atoms with Gasteiger partial charge in [0.2, 0.25) is 0 Å². The van der Waals surface area contributed by atoms with Gasteiger partial charge in [-0.3, -0.25) is 14.8 Å². The monoisotopic (exact) mass is 1310 g/mol. The standard InChI is InChI=1S/C84H94N8O6/c1-39-27-40(2)32-81(31-39)85-57-13-9-11-47-15-21-51(69(87-81)59(47)57)63-75(93)65(76(63)94)53-23-17-49-19-25-55(73-61(49)71(53)89-83(91-73)35-43(5)29-44(6)36-83)67-79(97)68(80(67)98)56-26-20-50-18-24-54(72-62(50)74(56)92-84(90-72)37-45(7)30-46(8)38-84)66-77(95)64(78(66)96)52-22-16-48-12-10-14-58-60(48)70(52)88-82(86-58)33-41(3)28-42(4)34-82/h9-26,39-46,63,66-68,75-79,85-87,89-90,92-97H,27-38H2,1-8H3. The highest BCUT2D eigenvalue weighted by Crippen LogP contribution is 2.58. The summed E-state index contributed by atoms with van der Waals surface area (Å²) in [4.78, 5) is 27.3. The summed E-state index contributed by atoms with van der Waals surface area (Å²) in [6, 6.07) is 37.6. The van der Waals surface area contributed by atoms with Gasteiger partial charge >= 0.3 is 0 Å². The number of hydrogen-bond acceptors (Lipinski definition) is 14. The lowest BCUT2D eigenvalue weighted by Gasteiger charge is -2.51. The molecule has 4 spiro atoms. The van der Waals surface area contributed by atoms with E-state index in [0.29, 0.717) is 69.4 Å². The summed E-state index contributed by atoms with van der Waals surface area (Å²) >= 11 is 0. The Morgan fingerprint density at radius 1 is 0.357 bits per heavy atom. The van der Waals surface area contributed by atoms with Crippen molar-refractivity contribution in [1.29, 1.82) is 0 Å². The van der Waals surface area contributed by atoms with Crippen LogP contribution in [-0.4, -0.2) is 84.5 Å². The molecule has 14 heteroatoms. The van der Waals surface area contributed by atoms with E-state index < -0.39 is 71.2 Å². The molecule has 0 amide bonds. The van der Waals surface area contributed by atoms with E-state index in [9.17, 15) is 25.5 Å². The first-order chi connectivity index (χ1) is 47.1. The lowest BCUT2D eigenvalue weighted by atomic mass is 9.63. The fourth-order valence-electron chi connectivity index (χ4n) is 23.2. The number of rotatable bonds is 4. The van der Waals surface area contributed by atoms with Gasteiger partial charge in [-0.2, -0.15) is 0 Å². The second-order valence-electron chi connectivity index (χ2n) is 34.3. The quantitative estimate of drug-likeness (QED) is 0.0794. The molecule has 11 aliphatic rings. The SMILES string of the molecule is CC1CC(C)CC2(C1)N=c1c(C3C(=O)C(c4ccc5ccc(C6C(O)C(=c7ccc8cccc9c8c7=NC7(CC(C)CC(C)C7)N9)C6O)c6c5c4NC4(CC(C)CC(C)C4)N6)C3O)ccc3ccc(=C4C(O)C(c5ccc6cccc7c6c5NC5(CC(C)CC(C)C5)N7)C4O)c(c13)N2. The van der Waals surface area contributed by atoms with Crippen LogP contribution in [0.1, 0.15) is 178 Å². The molecule has 0 saturated heterocycles. The minimum atomic E-state index is -1.10. The Bertz CT molecular complexity index is 5000. The van der Waals surface area contributed by atoms with Gasteiger partial charge in [0.15, 0.2) is 5.78 Å². The summed E-state index contributed by atoms with van der Waals surface area (Å²) in [6.45, 7) is 18.5. The average molecular weight is 1310 g/mol. The van der Waals surface area contributed by atoms with Crippen molar-refractivity contribution in [2.75, 3.05) is 31.9 Å². The number of carbonyl (C=O) groups excluding carboxylic acids is 1. The Kier molecular flexibility index (Phi) is 13.5. The first-order valence-corrected chi connectivity index (χ1v) is 37.2. The summed E-state index contributed by atoms with van der Waals surface area (Å²) < 4.78 is 0.